The lowest BCUT2D eigenvalue weighted by Crippen LogP contribution is -2.00. The first-order chi connectivity index (χ1) is 4.91. The Bertz CT molecular complexity index is 249. The predicted molar refractivity (Wildman–Crippen MR) is 45.7 cm³/mol. The maximum atomic E-state index is 11.9. The molecule has 70 valence electrons. The Morgan fingerprint density at radius 3 is 2.08 bits per heavy atom. The normalized spacial score (nSPS) is 11.0. The second-order valence-corrected chi connectivity index (χ2v) is 3.24. The van der Waals surface area contributed by atoms with Gasteiger partial charge in [-0.3, -0.25) is 0 Å². The Morgan fingerprint density at radius 1 is 1.42 bits per heavy atom. The first-order valence-electron chi connectivity index (χ1n) is 2.84. The molecule has 1 heterocycles. The number of anilines is 1. The number of aryl methyl sites for hydroxylation is 1. The van der Waals surface area contributed by atoms with Crippen LogP contribution in [0, 0.1) is 6.92 Å². The molecule has 0 amide bonds. The Balaban J connectivity index is 0.00000121. The fourth-order valence-corrected chi connectivity index (χ4v) is 1.44. The van der Waals surface area contributed by atoms with Crippen molar-refractivity contribution in [2.24, 2.45) is 0 Å². The van der Waals surface area contributed by atoms with Crippen LogP contribution < -0.4 is 5.73 Å². The van der Waals surface area contributed by atoms with E-state index < -0.39 is 11.1 Å². The summed E-state index contributed by atoms with van der Waals surface area (Å²) in [6, 6.07) is 1.06. The molecule has 1 nitrogen and oxygen atoms in total. The van der Waals surface area contributed by atoms with Gasteiger partial charge in [0.1, 0.15) is 4.88 Å². The first-order valence-corrected chi connectivity index (χ1v) is 3.66. The number of thiophene rings is 1. The number of halogens is 4. The Labute approximate surface area is 77.8 Å². The zero-order chi connectivity index (χ0) is 8.65. The quantitative estimate of drug-likeness (QED) is 0.710. The molecule has 0 spiro atoms. The summed E-state index contributed by atoms with van der Waals surface area (Å²) in [5.74, 6) is 0. The smallest absolute Gasteiger partial charge is 0.390 e. The van der Waals surface area contributed by atoms with Gasteiger partial charge in [0.25, 0.3) is 0 Å². The fourth-order valence-electron chi connectivity index (χ4n) is 0.636. The second kappa shape index (κ2) is 3.53. The number of hydrogen-bond acceptors (Lipinski definition) is 2. The van der Waals surface area contributed by atoms with Crippen LogP contribution in [0.25, 0.3) is 0 Å². The van der Waals surface area contributed by atoms with Crippen LogP contribution in [0.15, 0.2) is 6.07 Å². The molecule has 0 radical (unpaired) electrons. The number of nitrogen functional groups attached to an aromatic ring is 1. The highest BCUT2D eigenvalue weighted by molar-refractivity contribution is 7.16. The molecule has 0 unspecified atom stereocenters. The molecule has 0 bridgehead atoms. The maximum absolute atomic E-state index is 11.9. The van der Waals surface area contributed by atoms with Crippen molar-refractivity contribution < 1.29 is 13.2 Å². The van der Waals surface area contributed by atoms with E-state index in [-0.39, 0.29) is 17.4 Å². The molecule has 1 rings (SSSR count). The Kier molecular flexibility index (Phi) is 3.41. The van der Waals surface area contributed by atoms with Crippen molar-refractivity contribution in [1.82, 2.24) is 0 Å². The second-order valence-electron chi connectivity index (χ2n) is 2.16. The molecule has 0 aromatic carbocycles. The number of nitrogens with two attached hydrogens (primary N) is 1. The van der Waals surface area contributed by atoms with Gasteiger partial charge >= 0.3 is 6.18 Å². The van der Waals surface area contributed by atoms with Crippen molar-refractivity contribution in [1.29, 1.82) is 0 Å². The van der Waals surface area contributed by atoms with Crippen molar-refractivity contribution in [2.45, 2.75) is 13.1 Å². The topological polar surface area (TPSA) is 26.0 Å². The van der Waals surface area contributed by atoms with Gasteiger partial charge in [0.2, 0.25) is 0 Å². The van der Waals surface area contributed by atoms with Crippen LogP contribution >= 0.6 is 23.7 Å². The van der Waals surface area contributed by atoms with Crippen molar-refractivity contribution in [2.75, 3.05) is 5.73 Å². The summed E-state index contributed by atoms with van der Waals surface area (Å²) in [6.45, 7) is 1.56. The molecule has 1 aromatic rings. The highest BCUT2D eigenvalue weighted by Gasteiger charge is 2.32. The lowest BCUT2D eigenvalue weighted by molar-refractivity contribution is -0.134. The Morgan fingerprint density at radius 2 is 1.92 bits per heavy atom. The summed E-state index contributed by atoms with van der Waals surface area (Å²) in [5.41, 5.74) is 5.74. The van der Waals surface area contributed by atoms with Crippen molar-refractivity contribution in [3.8, 4) is 0 Å². The molecular weight excluding hydrogens is 211 g/mol. The molecule has 0 aliphatic heterocycles. The van der Waals surface area contributed by atoms with E-state index in [0.29, 0.717) is 16.9 Å². The highest BCUT2D eigenvalue weighted by Crippen LogP contribution is 2.37. The molecule has 2 N–H and O–H groups in total. The lowest BCUT2D eigenvalue weighted by Gasteiger charge is -1.99. The van der Waals surface area contributed by atoms with E-state index in [1.165, 1.54) is 0 Å². The maximum Gasteiger partial charge on any atom is 0.425 e. The van der Waals surface area contributed by atoms with E-state index in [1.54, 1.807) is 6.92 Å². The Hall–Kier alpha value is -0.420. The van der Waals surface area contributed by atoms with Gasteiger partial charge in [-0.15, -0.1) is 23.7 Å². The van der Waals surface area contributed by atoms with Gasteiger partial charge in [-0.05, 0) is 18.6 Å². The zero-order valence-electron chi connectivity index (χ0n) is 6.11. The van der Waals surface area contributed by atoms with E-state index >= 15 is 0 Å². The van der Waals surface area contributed by atoms with Crippen LogP contribution in [0.4, 0.5) is 18.2 Å². The summed E-state index contributed by atoms with van der Waals surface area (Å²) in [7, 11) is 0. The summed E-state index contributed by atoms with van der Waals surface area (Å²) < 4.78 is 35.8. The predicted octanol–water partition coefficient (Wildman–Crippen LogP) is 3.08. The molecule has 0 aliphatic rings. The third-order valence-corrected chi connectivity index (χ3v) is 2.35. The molecule has 0 atom stereocenters. The average molecular weight is 218 g/mol. The summed E-state index contributed by atoms with van der Waals surface area (Å²) in [6.07, 6.45) is -4.26. The first kappa shape index (κ1) is 11.6. The van der Waals surface area contributed by atoms with E-state index in [2.05, 4.69) is 0 Å². The van der Waals surface area contributed by atoms with Crippen LogP contribution in [0.3, 0.4) is 0 Å². The molecule has 0 aliphatic carbocycles. The number of alkyl halides is 3. The van der Waals surface area contributed by atoms with Gasteiger partial charge in [-0.1, -0.05) is 0 Å². The van der Waals surface area contributed by atoms with Crippen LogP contribution in [0.5, 0.6) is 0 Å². The molecule has 0 saturated heterocycles. The summed E-state index contributed by atoms with van der Waals surface area (Å²) in [5, 5.41) is 0.234. The number of hydrogen-bond donors (Lipinski definition) is 1. The molecule has 1 aromatic heterocycles. The third-order valence-electron chi connectivity index (χ3n) is 1.24. The van der Waals surface area contributed by atoms with Crippen LogP contribution in [-0.2, 0) is 6.18 Å². The van der Waals surface area contributed by atoms with Crippen LogP contribution in [0.1, 0.15) is 10.4 Å². The molecule has 12 heavy (non-hydrogen) atoms. The summed E-state index contributed by atoms with van der Waals surface area (Å²) >= 11 is 0.574. The largest absolute Gasteiger partial charge is 0.425 e. The van der Waals surface area contributed by atoms with Crippen LogP contribution in [-0.4, -0.2) is 0 Å². The van der Waals surface area contributed by atoms with E-state index in [9.17, 15) is 13.2 Å². The monoisotopic (exact) mass is 217 g/mol. The SMILES string of the molecule is Cc1cc(C(F)(F)F)sc1N.Cl. The third kappa shape index (κ3) is 2.28. The van der Waals surface area contributed by atoms with Gasteiger partial charge in [-0.25, -0.2) is 0 Å². The molecule has 0 saturated carbocycles. The zero-order valence-corrected chi connectivity index (χ0v) is 7.74. The minimum absolute atomic E-state index is 0. The molecule has 6 heteroatoms. The van der Waals surface area contributed by atoms with E-state index in [1.807, 2.05) is 0 Å². The van der Waals surface area contributed by atoms with Crippen molar-refractivity contribution in [3.63, 3.8) is 0 Å². The fraction of sp³-hybridized carbons (Fsp3) is 0.333. The van der Waals surface area contributed by atoms with Gasteiger partial charge in [0, 0.05) is 0 Å². The minimum atomic E-state index is -4.26. The minimum Gasteiger partial charge on any atom is -0.390 e. The highest BCUT2D eigenvalue weighted by atomic mass is 35.5. The van der Waals surface area contributed by atoms with Gasteiger partial charge in [0.05, 0.1) is 5.00 Å². The van der Waals surface area contributed by atoms with Gasteiger partial charge in [0.15, 0.2) is 0 Å². The lowest BCUT2D eigenvalue weighted by atomic mass is 10.3. The standard InChI is InChI=1S/C6H6F3NS.ClH/c1-3-2-4(6(7,8)9)11-5(3)10;/h2H,10H2,1H3;1H. The van der Waals surface area contributed by atoms with E-state index in [0.717, 1.165) is 6.07 Å². The van der Waals surface area contributed by atoms with Gasteiger partial charge in [-0.2, -0.15) is 13.2 Å². The van der Waals surface area contributed by atoms with Crippen molar-refractivity contribution in [3.05, 3.63) is 16.5 Å². The van der Waals surface area contributed by atoms with Crippen LogP contribution in [0.2, 0.25) is 0 Å². The van der Waals surface area contributed by atoms with E-state index in [4.69, 9.17) is 5.73 Å². The summed E-state index contributed by atoms with van der Waals surface area (Å²) in [4.78, 5) is -0.632. The number of rotatable bonds is 0. The van der Waals surface area contributed by atoms with Crippen molar-refractivity contribution >= 4 is 28.7 Å². The van der Waals surface area contributed by atoms with Gasteiger partial charge < -0.3 is 5.73 Å². The average Bonchev–Trinajstić information content (AvgIpc) is 2.11. The molecule has 0 fully saturated rings. The molecular formula is C6H7ClF3NS.